The summed E-state index contributed by atoms with van der Waals surface area (Å²) in [5, 5.41) is 3.58. The van der Waals surface area contributed by atoms with Gasteiger partial charge in [-0.25, -0.2) is 4.79 Å². The third-order valence-corrected chi connectivity index (χ3v) is 4.07. The molecule has 2 aromatic carbocycles. The number of aromatic amines is 1. The number of methoxy groups -OCH3 is 2. The fourth-order valence-corrected chi connectivity index (χ4v) is 2.61. The summed E-state index contributed by atoms with van der Waals surface area (Å²) in [5.41, 5.74) is 1.54. The zero-order chi connectivity index (χ0) is 19.4. The molecule has 0 radical (unpaired) electrons. The van der Waals surface area contributed by atoms with Crippen molar-refractivity contribution in [3.63, 3.8) is 0 Å². The van der Waals surface area contributed by atoms with E-state index in [1.54, 1.807) is 24.3 Å². The van der Waals surface area contributed by atoms with E-state index in [0.29, 0.717) is 17.2 Å². The predicted molar refractivity (Wildman–Crippen MR) is 101 cm³/mol. The van der Waals surface area contributed by atoms with Gasteiger partial charge in [0, 0.05) is 17.0 Å². The number of hydrogen-bond acceptors (Lipinski definition) is 5. The number of aromatic nitrogens is 1. The van der Waals surface area contributed by atoms with E-state index in [1.165, 1.54) is 21.1 Å². The normalized spacial score (nSPS) is 11.7. The van der Waals surface area contributed by atoms with Crippen LogP contribution in [0.25, 0.3) is 10.9 Å². The van der Waals surface area contributed by atoms with Crippen molar-refractivity contribution < 1.29 is 23.8 Å². The van der Waals surface area contributed by atoms with E-state index in [2.05, 4.69) is 10.3 Å². The van der Waals surface area contributed by atoms with Gasteiger partial charge in [0.2, 0.25) is 0 Å². The van der Waals surface area contributed by atoms with E-state index in [1.807, 2.05) is 24.3 Å². The van der Waals surface area contributed by atoms with E-state index in [-0.39, 0.29) is 5.69 Å². The lowest BCUT2D eigenvalue weighted by molar-refractivity contribution is -0.123. The molecule has 0 aliphatic rings. The third-order valence-electron chi connectivity index (χ3n) is 4.07. The number of benzene rings is 2. The maximum Gasteiger partial charge on any atom is 0.355 e. The summed E-state index contributed by atoms with van der Waals surface area (Å²) in [5.74, 6) is -0.0513. The van der Waals surface area contributed by atoms with Gasteiger partial charge in [-0.1, -0.05) is 18.2 Å². The van der Waals surface area contributed by atoms with Crippen LogP contribution in [0, 0.1) is 0 Å². The van der Waals surface area contributed by atoms with Crippen molar-refractivity contribution in [2.45, 2.75) is 13.0 Å². The Kier molecular flexibility index (Phi) is 5.30. The van der Waals surface area contributed by atoms with Crippen LogP contribution in [0.1, 0.15) is 17.4 Å². The molecule has 0 fully saturated rings. The molecule has 0 spiro atoms. The minimum Gasteiger partial charge on any atom is -0.497 e. The number of fused-ring (bicyclic) bond motifs is 1. The van der Waals surface area contributed by atoms with Gasteiger partial charge in [-0.05, 0) is 31.2 Å². The highest BCUT2D eigenvalue weighted by atomic mass is 16.5. The number of anilines is 1. The Balaban J connectivity index is 1.69. The van der Waals surface area contributed by atoms with E-state index in [9.17, 15) is 9.59 Å². The summed E-state index contributed by atoms with van der Waals surface area (Å²) in [6.45, 7) is 1.50. The minimum absolute atomic E-state index is 0.287. The number of carbonyl (C=O) groups excluding carboxylic acids is 2. The van der Waals surface area contributed by atoms with Crippen molar-refractivity contribution in [2.75, 3.05) is 19.5 Å². The van der Waals surface area contributed by atoms with Gasteiger partial charge in [0.05, 0.1) is 19.9 Å². The summed E-state index contributed by atoms with van der Waals surface area (Å²) in [4.78, 5) is 27.7. The fourth-order valence-electron chi connectivity index (χ4n) is 2.61. The third kappa shape index (κ3) is 4.03. The molecule has 0 aliphatic heterocycles. The first-order chi connectivity index (χ1) is 13.0. The van der Waals surface area contributed by atoms with Gasteiger partial charge in [-0.15, -0.1) is 0 Å². The maximum absolute atomic E-state index is 12.4. The average molecular weight is 368 g/mol. The summed E-state index contributed by atoms with van der Waals surface area (Å²) in [6.07, 6.45) is -1.00. The van der Waals surface area contributed by atoms with Crippen LogP contribution < -0.4 is 14.8 Å². The molecule has 1 amide bonds. The fraction of sp³-hybridized carbons (Fsp3) is 0.200. The summed E-state index contributed by atoms with van der Waals surface area (Å²) in [7, 11) is 3.02. The zero-order valence-electron chi connectivity index (χ0n) is 15.2. The first-order valence-electron chi connectivity index (χ1n) is 8.33. The molecular formula is C20H20N2O5. The number of rotatable bonds is 6. The Morgan fingerprint density at radius 1 is 1.04 bits per heavy atom. The molecule has 0 saturated carbocycles. The van der Waals surface area contributed by atoms with Crippen molar-refractivity contribution in [2.24, 2.45) is 0 Å². The monoisotopic (exact) mass is 368 g/mol. The first-order valence-corrected chi connectivity index (χ1v) is 8.33. The molecule has 0 aliphatic carbocycles. The molecule has 0 saturated heterocycles. The van der Waals surface area contributed by atoms with Crippen molar-refractivity contribution in [3.05, 3.63) is 54.2 Å². The number of nitrogens with one attached hydrogen (secondary N) is 2. The van der Waals surface area contributed by atoms with E-state index >= 15 is 0 Å². The van der Waals surface area contributed by atoms with Crippen LogP contribution in [0.2, 0.25) is 0 Å². The SMILES string of the molecule is COc1ccc(OC)c(NC(=O)[C@H](C)OC(=O)c2cc3ccccc3[nH]2)c1. The lowest BCUT2D eigenvalue weighted by atomic mass is 10.2. The highest BCUT2D eigenvalue weighted by Crippen LogP contribution is 2.29. The molecule has 3 rings (SSSR count). The number of carbonyl (C=O) groups is 2. The molecule has 1 atom stereocenters. The second kappa shape index (κ2) is 7.82. The number of ether oxygens (including phenoxy) is 3. The Labute approximate surface area is 156 Å². The van der Waals surface area contributed by atoms with Gasteiger partial charge in [-0.2, -0.15) is 0 Å². The van der Waals surface area contributed by atoms with Crippen molar-refractivity contribution in [3.8, 4) is 11.5 Å². The van der Waals surface area contributed by atoms with Crippen molar-refractivity contribution >= 4 is 28.5 Å². The highest BCUT2D eigenvalue weighted by molar-refractivity contribution is 5.99. The van der Waals surface area contributed by atoms with Gasteiger partial charge < -0.3 is 24.5 Å². The molecule has 7 nitrogen and oxygen atoms in total. The van der Waals surface area contributed by atoms with Crippen LogP contribution in [0.5, 0.6) is 11.5 Å². The van der Waals surface area contributed by atoms with Crippen molar-refractivity contribution in [1.29, 1.82) is 0 Å². The standard InChI is InChI=1S/C20H20N2O5/c1-12(19(23)22-16-11-14(25-2)8-9-18(16)26-3)27-20(24)17-10-13-6-4-5-7-15(13)21-17/h4-12,21H,1-3H3,(H,22,23)/t12-/m0/s1. The second-order valence-corrected chi connectivity index (χ2v) is 5.87. The predicted octanol–water partition coefficient (Wildman–Crippen LogP) is 3.37. The van der Waals surface area contributed by atoms with Crippen LogP contribution in [0.3, 0.4) is 0 Å². The lowest BCUT2D eigenvalue weighted by Crippen LogP contribution is -2.30. The van der Waals surface area contributed by atoms with Crippen LogP contribution in [-0.2, 0) is 9.53 Å². The molecule has 27 heavy (non-hydrogen) atoms. The summed E-state index contributed by atoms with van der Waals surface area (Å²) >= 11 is 0. The molecular weight excluding hydrogens is 348 g/mol. The van der Waals surface area contributed by atoms with Gasteiger partial charge in [0.25, 0.3) is 5.91 Å². The minimum atomic E-state index is -1.00. The largest absolute Gasteiger partial charge is 0.497 e. The van der Waals surface area contributed by atoms with Crippen LogP contribution in [0.4, 0.5) is 5.69 Å². The van der Waals surface area contributed by atoms with Gasteiger partial charge in [-0.3, -0.25) is 4.79 Å². The topological polar surface area (TPSA) is 89.7 Å². The van der Waals surface area contributed by atoms with Gasteiger partial charge in [0.1, 0.15) is 17.2 Å². The summed E-state index contributed by atoms with van der Waals surface area (Å²) in [6, 6.07) is 14.2. The Morgan fingerprint density at radius 3 is 2.52 bits per heavy atom. The Bertz CT molecular complexity index is 946. The number of para-hydroxylation sites is 1. The van der Waals surface area contributed by atoms with E-state index < -0.39 is 18.0 Å². The highest BCUT2D eigenvalue weighted by Gasteiger charge is 2.21. The summed E-state index contributed by atoms with van der Waals surface area (Å²) < 4.78 is 15.7. The van der Waals surface area contributed by atoms with Crippen LogP contribution in [0.15, 0.2) is 48.5 Å². The van der Waals surface area contributed by atoms with E-state index in [4.69, 9.17) is 14.2 Å². The second-order valence-electron chi connectivity index (χ2n) is 5.87. The van der Waals surface area contributed by atoms with E-state index in [0.717, 1.165) is 10.9 Å². The Morgan fingerprint density at radius 2 is 1.81 bits per heavy atom. The lowest BCUT2D eigenvalue weighted by Gasteiger charge is -2.15. The zero-order valence-corrected chi connectivity index (χ0v) is 15.2. The molecule has 2 N–H and O–H groups in total. The van der Waals surface area contributed by atoms with Gasteiger partial charge >= 0.3 is 5.97 Å². The quantitative estimate of drug-likeness (QED) is 0.651. The first kappa shape index (κ1) is 18.3. The number of hydrogen-bond donors (Lipinski definition) is 2. The van der Waals surface area contributed by atoms with Crippen LogP contribution >= 0.6 is 0 Å². The maximum atomic E-state index is 12.4. The molecule has 0 bridgehead atoms. The molecule has 140 valence electrons. The molecule has 3 aromatic rings. The number of amides is 1. The smallest absolute Gasteiger partial charge is 0.355 e. The number of H-pyrrole nitrogens is 1. The number of esters is 1. The van der Waals surface area contributed by atoms with Crippen molar-refractivity contribution in [1.82, 2.24) is 4.98 Å². The van der Waals surface area contributed by atoms with Crippen LogP contribution in [-0.4, -0.2) is 37.2 Å². The molecule has 0 unspecified atom stereocenters. The average Bonchev–Trinajstić information content (AvgIpc) is 3.12. The molecule has 1 heterocycles. The molecule has 7 heteroatoms. The Hall–Kier alpha value is -3.48. The molecule has 1 aromatic heterocycles. The van der Waals surface area contributed by atoms with Gasteiger partial charge in [0.15, 0.2) is 6.10 Å².